The fraction of sp³-hybridized carbons (Fsp3) is 0.200. The van der Waals surface area contributed by atoms with Crippen LogP contribution in [0.4, 0.5) is 0 Å². The van der Waals surface area contributed by atoms with Crippen LogP contribution in [0, 0.1) is 13.8 Å². The monoisotopic (exact) mass is 473 g/mol. The molecule has 0 fully saturated rings. The molecule has 0 amide bonds. The van der Waals surface area contributed by atoms with Crippen LogP contribution in [-0.4, -0.2) is 38.5 Å². The summed E-state index contributed by atoms with van der Waals surface area (Å²) in [5.41, 5.74) is 5.11. The van der Waals surface area contributed by atoms with Crippen molar-refractivity contribution in [1.29, 1.82) is 0 Å². The highest BCUT2D eigenvalue weighted by atomic mass is 32.1. The Hall–Kier alpha value is -3.98. The summed E-state index contributed by atoms with van der Waals surface area (Å²) in [4.78, 5) is 22.5. The van der Waals surface area contributed by atoms with E-state index in [9.17, 15) is 4.79 Å². The van der Waals surface area contributed by atoms with E-state index < -0.39 is 0 Å². The van der Waals surface area contributed by atoms with Gasteiger partial charge in [0.25, 0.3) is 5.56 Å². The van der Waals surface area contributed by atoms with E-state index >= 15 is 0 Å². The highest BCUT2D eigenvalue weighted by Gasteiger charge is 2.16. The van der Waals surface area contributed by atoms with Gasteiger partial charge in [0.15, 0.2) is 17.1 Å². The second kappa shape index (κ2) is 8.75. The van der Waals surface area contributed by atoms with Crippen molar-refractivity contribution in [2.24, 2.45) is 0 Å². The molecule has 0 atom stereocenters. The van der Waals surface area contributed by atoms with E-state index in [4.69, 9.17) is 14.5 Å². The fourth-order valence-corrected chi connectivity index (χ4v) is 4.89. The summed E-state index contributed by atoms with van der Waals surface area (Å²) in [6, 6.07) is 11.8. The van der Waals surface area contributed by atoms with Crippen molar-refractivity contribution < 1.29 is 9.47 Å². The molecule has 0 saturated heterocycles. The summed E-state index contributed by atoms with van der Waals surface area (Å²) in [5.74, 6) is 1.27. The van der Waals surface area contributed by atoms with Gasteiger partial charge in [0, 0.05) is 5.38 Å². The van der Waals surface area contributed by atoms with Crippen molar-refractivity contribution in [3.63, 3.8) is 0 Å². The van der Waals surface area contributed by atoms with Crippen LogP contribution >= 0.6 is 11.3 Å². The molecule has 2 aromatic carbocycles. The molecule has 0 aliphatic carbocycles. The first-order chi connectivity index (χ1) is 16.5. The number of rotatable bonds is 6. The summed E-state index contributed by atoms with van der Waals surface area (Å²) < 4.78 is 14.2. The predicted octanol–water partition coefficient (Wildman–Crippen LogP) is 4.39. The van der Waals surface area contributed by atoms with E-state index in [-0.39, 0.29) is 5.56 Å². The first kappa shape index (κ1) is 21.8. The molecule has 34 heavy (non-hydrogen) atoms. The van der Waals surface area contributed by atoms with Gasteiger partial charge in [0.2, 0.25) is 0 Å². The Morgan fingerprint density at radius 3 is 2.59 bits per heavy atom. The number of nitrogens with zero attached hydrogens (tertiary/aromatic N) is 5. The van der Waals surface area contributed by atoms with Gasteiger partial charge in [-0.2, -0.15) is 5.10 Å². The lowest BCUT2D eigenvalue weighted by Crippen LogP contribution is -2.21. The molecule has 0 bridgehead atoms. The molecule has 3 heterocycles. The average molecular weight is 474 g/mol. The molecule has 5 rings (SSSR count). The highest BCUT2D eigenvalue weighted by Crippen LogP contribution is 2.39. The maximum absolute atomic E-state index is 13.2. The Bertz CT molecular complexity index is 1550. The normalized spacial score (nSPS) is 11.2. The van der Waals surface area contributed by atoms with E-state index in [1.165, 1.54) is 11.3 Å². The van der Waals surface area contributed by atoms with Crippen molar-refractivity contribution in [1.82, 2.24) is 24.3 Å². The van der Waals surface area contributed by atoms with Crippen molar-refractivity contribution in [2.45, 2.75) is 20.4 Å². The molecule has 0 spiro atoms. The zero-order chi connectivity index (χ0) is 23.8. The van der Waals surface area contributed by atoms with E-state index in [2.05, 4.69) is 16.1 Å². The van der Waals surface area contributed by atoms with Gasteiger partial charge in [-0.25, -0.2) is 14.6 Å². The molecule has 0 saturated carbocycles. The van der Waals surface area contributed by atoms with Crippen LogP contribution in [-0.2, 0) is 6.54 Å². The largest absolute Gasteiger partial charge is 0.493 e. The summed E-state index contributed by atoms with van der Waals surface area (Å²) in [6.45, 7) is 4.37. The van der Waals surface area contributed by atoms with Gasteiger partial charge in [-0.1, -0.05) is 12.1 Å². The number of hydrogen-bond acceptors (Lipinski definition) is 7. The maximum atomic E-state index is 13.2. The average Bonchev–Trinajstić information content (AvgIpc) is 3.47. The zero-order valence-electron chi connectivity index (χ0n) is 19.3. The van der Waals surface area contributed by atoms with E-state index in [0.29, 0.717) is 29.1 Å². The van der Waals surface area contributed by atoms with Crippen LogP contribution in [0.25, 0.3) is 27.3 Å². The molecule has 0 aliphatic heterocycles. The Labute approximate surface area is 200 Å². The number of ether oxygens (including phenoxy) is 2. The summed E-state index contributed by atoms with van der Waals surface area (Å²) >= 11 is 1.49. The minimum Gasteiger partial charge on any atom is -0.493 e. The fourth-order valence-electron chi connectivity index (χ4n) is 4.06. The maximum Gasteiger partial charge on any atom is 0.264 e. The molecule has 0 radical (unpaired) electrons. The van der Waals surface area contributed by atoms with Gasteiger partial charge >= 0.3 is 0 Å². The Morgan fingerprint density at radius 2 is 1.85 bits per heavy atom. The third-order valence-electron chi connectivity index (χ3n) is 5.52. The smallest absolute Gasteiger partial charge is 0.264 e. The van der Waals surface area contributed by atoms with Crippen LogP contribution in [0.2, 0.25) is 0 Å². The van der Waals surface area contributed by atoms with Crippen LogP contribution in [0.15, 0.2) is 59.1 Å². The van der Waals surface area contributed by atoms with Crippen molar-refractivity contribution in [2.75, 3.05) is 14.2 Å². The molecule has 8 nitrogen and oxygen atoms in total. The summed E-state index contributed by atoms with van der Waals surface area (Å²) in [5, 5.41) is 7.62. The number of hydrogen-bond donors (Lipinski definition) is 0. The van der Waals surface area contributed by atoms with Crippen LogP contribution in [0.3, 0.4) is 0 Å². The topological polar surface area (TPSA) is 84.1 Å². The Kier molecular flexibility index (Phi) is 5.62. The minimum atomic E-state index is -0.158. The molecule has 0 aliphatic rings. The van der Waals surface area contributed by atoms with E-state index in [1.807, 2.05) is 49.6 Å². The van der Waals surface area contributed by atoms with Crippen LogP contribution < -0.4 is 15.0 Å². The quantitative estimate of drug-likeness (QED) is 0.364. The minimum absolute atomic E-state index is 0.158. The number of aromatic nitrogens is 5. The first-order valence-electron chi connectivity index (χ1n) is 10.7. The second-order valence-electron chi connectivity index (χ2n) is 8.00. The third-order valence-corrected chi connectivity index (χ3v) is 6.45. The van der Waals surface area contributed by atoms with Crippen molar-refractivity contribution in [3.05, 3.63) is 81.5 Å². The van der Waals surface area contributed by atoms with Gasteiger partial charge in [-0.3, -0.25) is 9.36 Å². The lowest BCUT2D eigenvalue weighted by Gasteiger charge is -2.10. The molecule has 0 N–H and O–H groups in total. The van der Waals surface area contributed by atoms with E-state index in [0.717, 1.165) is 33.1 Å². The van der Waals surface area contributed by atoms with Gasteiger partial charge in [0.05, 0.1) is 43.9 Å². The SMILES string of the molecule is COc1cccc(-c2nc(Cn3cnc4c(cnn4-c4cc(C)cc(C)c4)c3=O)cs2)c1OC. The van der Waals surface area contributed by atoms with Gasteiger partial charge in [-0.15, -0.1) is 11.3 Å². The second-order valence-corrected chi connectivity index (χ2v) is 8.86. The molecule has 5 aromatic rings. The number of benzene rings is 2. The highest BCUT2D eigenvalue weighted by molar-refractivity contribution is 7.13. The van der Waals surface area contributed by atoms with Crippen molar-refractivity contribution >= 4 is 22.4 Å². The standard InChI is InChI=1S/C25H23N5O3S/c1-15-8-16(2)10-18(9-15)30-23-20(11-27-30)25(31)29(14-26-23)12-17-13-34-24(28-17)19-6-5-7-21(32-3)22(19)33-4/h5-11,13-14H,12H2,1-4H3. The molecular formula is C25H23N5O3S. The summed E-state index contributed by atoms with van der Waals surface area (Å²) in [6.07, 6.45) is 3.13. The number of aryl methyl sites for hydroxylation is 2. The third kappa shape index (κ3) is 3.84. The molecule has 9 heteroatoms. The number of methoxy groups -OCH3 is 2. The molecule has 3 aromatic heterocycles. The predicted molar refractivity (Wildman–Crippen MR) is 132 cm³/mol. The van der Waals surface area contributed by atoms with E-state index in [1.54, 1.807) is 36.0 Å². The van der Waals surface area contributed by atoms with Gasteiger partial charge < -0.3 is 9.47 Å². The number of thiazole rings is 1. The number of fused-ring (bicyclic) bond motifs is 1. The lowest BCUT2D eigenvalue weighted by molar-refractivity contribution is 0.356. The Morgan fingerprint density at radius 1 is 1.06 bits per heavy atom. The van der Waals surface area contributed by atoms with Crippen molar-refractivity contribution in [3.8, 4) is 27.8 Å². The zero-order valence-corrected chi connectivity index (χ0v) is 20.1. The number of para-hydroxylation sites is 1. The van der Waals surface area contributed by atoms with Crippen LogP contribution in [0.5, 0.6) is 11.5 Å². The lowest BCUT2D eigenvalue weighted by atomic mass is 10.1. The van der Waals surface area contributed by atoms with Crippen LogP contribution in [0.1, 0.15) is 16.8 Å². The van der Waals surface area contributed by atoms with Gasteiger partial charge in [0.1, 0.15) is 16.7 Å². The summed E-state index contributed by atoms with van der Waals surface area (Å²) in [7, 11) is 3.21. The van der Waals surface area contributed by atoms with Gasteiger partial charge in [-0.05, 0) is 49.2 Å². The molecule has 0 unspecified atom stereocenters. The molecular weight excluding hydrogens is 450 g/mol. The molecule has 172 valence electrons. The first-order valence-corrected chi connectivity index (χ1v) is 11.5. The Balaban J connectivity index is 1.48.